The van der Waals surface area contributed by atoms with Gasteiger partial charge in [-0.2, -0.15) is 0 Å². The predicted octanol–water partition coefficient (Wildman–Crippen LogP) is 4.82. The Morgan fingerprint density at radius 3 is 2.82 bits per heavy atom. The Balaban J connectivity index is 1.54. The normalized spacial score (nSPS) is 27.1. The van der Waals surface area contributed by atoms with Crippen molar-refractivity contribution in [3.63, 3.8) is 0 Å². The van der Waals surface area contributed by atoms with Gasteiger partial charge in [0, 0.05) is 24.6 Å². The molecule has 4 atom stereocenters. The molecule has 2 amide bonds. The van der Waals surface area contributed by atoms with Gasteiger partial charge in [-0.1, -0.05) is 51.5 Å². The Kier molecular flexibility index (Phi) is 7.56. The number of nitrogens with two attached hydrogens (primary N) is 1. The summed E-state index contributed by atoms with van der Waals surface area (Å²) >= 11 is 0. The van der Waals surface area contributed by atoms with E-state index in [1.54, 1.807) is 17.1 Å². The molecule has 5 nitrogen and oxygen atoms in total. The average Bonchev–Trinajstić information content (AvgIpc) is 3.08. The van der Waals surface area contributed by atoms with Crippen molar-refractivity contribution in [2.24, 2.45) is 17.6 Å². The molecule has 184 valence electrons. The van der Waals surface area contributed by atoms with Crippen molar-refractivity contribution >= 4 is 17.4 Å². The van der Waals surface area contributed by atoms with Crippen molar-refractivity contribution in [2.45, 2.75) is 83.8 Å². The molecule has 0 radical (unpaired) electrons. The maximum absolute atomic E-state index is 14.5. The van der Waals surface area contributed by atoms with Gasteiger partial charge in [-0.25, -0.2) is 4.39 Å². The molecule has 3 N–H and O–H groups in total. The maximum Gasteiger partial charge on any atom is 0.243 e. The van der Waals surface area contributed by atoms with Gasteiger partial charge in [0.05, 0.1) is 6.04 Å². The van der Waals surface area contributed by atoms with Crippen LogP contribution in [-0.4, -0.2) is 35.3 Å². The molecule has 2 aliphatic carbocycles. The smallest absolute Gasteiger partial charge is 0.243 e. The minimum absolute atomic E-state index is 0.0571. The second-order valence-corrected chi connectivity index (χ2v) is 10.8. The van der Waals surface area contributed by atoms with Crippen molar-refractivity contribution in [3.8, 4) is 0 Å². The summed E-state index contributed by atoms with van der Waals surface area (Å²) < 4.78 is 14.5. The Hall–Kier alpha value is -2.47. The number of rotatable bonds is 5. The highest BCUT2D eigenvalue weighted by molar-refractivity contribution is 5.88. The molecule has 6 heteroatoms. The lowest BCUT2D eigenvalue weighted by atomic mass is 9.91. The number of hydrogen-bond donors (Lipinski definition) is 2. The van der Waals surface area contributed by atoms with Crippen molar-refractivity contribution < 1.29 is 14.0 Å². The zero-order valence-electron chi connectivity index (χ0n) is 20.6. The summed E-state index contributed by atoms with van der Waals surface area (Å²) in [6, 6.07) is 5.37. The van der Waals surface area contributed by atoms with E-state index in [1.165, 1.54) is 0 Å². The number of fused-ring (bicyclic) bond motifs is 1. The summed E-state index contributed by atoms with van der Waals surface area (Å²) in [5.41, 5.74) is 9.68. The molecule has 1 aromatic carbocycles. The van der Waals surface area contributed by atoms with Gasteiger partial charge in [0.2, 0.25) is 11.8 Å². The first-order chi connectivity index (χ1) is 16.2. The number of halogens is 1. The molecule has 0 spiro atoms. The minimum atomic E-state index is -0.402. The van der Waals surface area contributed by atoms with Crippen molar-refractivity contribution in [1.82, 2.24) is 10.2 Å². The van der Waals surface area contributed by atoms with Gasteiger partial charge in [-0.3, -0.25) is 9.59 Å². The topological polar surface area (TPSA) is 75.4 Å². The fourth-order valence-corrected chi connectivity index (χ4v) is 5.55. The van der Waals surface area contributed by atoms with Crippen LogP contribution in [0.5, 0.6) is 0 Å². The first-order valence-corrected chi connectivity index (χ1v) is 12.8. The Labute approximate surface area is 202 Å². The number of benzene rings is 1. The van der Waals surface area contributed by atoms with Gasteiger partial charge in [-0.05, 0) is 66.7 Å². The zero-order chi connectivity index (χ0) is 24.4. The van der Waals surface area contributed by atoms with E-state index in [0.717, 1.165) is 42.4 Å². The molecule has 1 aromatic rings. The van der Waals surface area contributed by atoms with Gasteiger partial charge in [0.15, 0.2) is 0 Å². The third-order valence-electron chi connectivity index (χ3n) is 7.26. The van der Waals surface area contributed by atoms with E-state index in [-0.39, 0.29) is 35.6 Å². The van der Waals surface area contributed by atoms with Crippen LogP contribution in [0.25, 0.3) is 5.57 Å². The van der Waals surface area contributed by atoms with Gasteiger partial charge < -0.3 is 16.0 Å². The maximum atomic E-state index is 14.5. The van der Waals surface area contributed by atoms with E-state index in [1.807, 2.05) is 26.0 Å². The van der Waals surface area contributed by atoms with Crippen LogP contribution in [0.2, 0.25) is 0 Å². The lowest BCUT2D eigenvalue weighted by Gasteiger charge is -2.28. The molecule has 1 unspecified atom stereocenters. The predicted molar refractivity (Wildman–Crippen MR) is 133 cm³/mol. The lowest BCUT2D eigenvalue weighted by molar-refractivity contribution is -0.139. The first kappa shape index (κ1) is 24.6. The summed E-state index contributed by atoms with van der Waals surface area (Å²) in [6.45, 7) is 6.80. The molecule has 1 heterocycles. The number of nitrogens with zero attached hydrogens (tertiary/aromatic N) is 1. The van der Waals surface area contributed by atoms with Crippen molar-refractivity contribution in [2.75, 3.05) is 6.54 Å². The van der Waals surface area contributed by atoms with Crippen molar-refractivity contribution in [3.05, 3.63) is 52.9 Å². The Bertz CT molecular complexity index is 999. The van der Waals surface area contributed by atoms with Crippen molar-refractivity contribution in [1.29, 1.82) is 0 Å². The van der Waals surface area contributed by atoms with Crippen LogP contribution >= 0.6 is 0 Å². The van der Waals surface area contributed by atoms with E-state index in [9.17, 15) is 14.0 Å². The molecule has 0 bridgehead atoms. The van der Waals surface area contributed by atoms with Crippen LogP contribution < -0.4 is 11.1 Å². The van der Waals surface area contributed by atoms with Gasteiger partial charge in [0.25, 0.3) is 0 Å². The molecule has 3 aliphatic rings. The van der Waals surface area contributed by atoms with E-state index in [4.69, 9.17) is 5.73 Å². The lowest BCUT2D eigenvalue weighted by Crippen LogP contribution is -2.47. The average molecular weight is 468 g/mol. The molecule has 4 rings (SSSR count). The van der Waals surface area contributed by atoms with Gasteiger partial charge in [-0.15, -0.1) is 0 Å². The highest BCUT2D eigenvalue weighted by Gasteiger charge is 2.38. The standard InChI is InChI=1S/C28H38FN3O2/c1-17(2)12-27(33)32-16-18(3)13-26(32)28(34)31-25-7-5-4-6-19-14-20(8-10-22(19)25)23-15-21(30)9-11-24(23)29/h8,10-11,14-15,17-18,21,25-26H,4-7,9,12-13,16,30H2,1-3H3,(H,31,34)/t18-,21?,25-,26+/m1/s1. The largest absolute Gasteiger partial charge is 0.347 e. The number of aryl methyl sites for hydroxylation is 1. The molecule has 0 saturated carbocycles. The minimum Gasteiger partial charge on any atom is -0.347 e. The van der Waals surface area contributed by atoms with Crippen LogP contribution in [0.4, 0.5) is 4.39 Å². The van der Waals surface area contributed by atoms with Crippen LogP contribution in [-0.2, 0) is 16.0 Å². The molecule has 1 aliphatic heterocycles. The summed E-state index contributed by atoms with van der Waals surface area (Å²) in [5, 5.41) is 3.28. The zero-order valence-corrected chi connectivity index (χ0v) is 20.6. The highest BCUT2D eigenvalue weighted by atomic mass is 19.1. The molecular weight excluding hydrogens is 429 g/mol. The summed E-state index contributed by atoms with van der Waals surface area (Å²) in [7, 11) is 0. The van der Waals surface area contributed by atoms with E-state index in [0.29, 0.717) is 37.3 Å². The Morgan fingerprint density at radius 2 is 2.06 bits per heavy atom. The number of carbonyl (C=O) groups excluding carboxylic acids is 2. The van der Waals surface area contributed by atoms with Crippen LogP contribution in [0.3, 0.4) is 0 Å². The van der Waals surface area contributed by atoms with Gasteiger partial charge >= 0.3 is 0 Å². The fourth-order valence-electron chi connectivity index (χ4n) is 5.55. The number of nitrogens with one attached hydrogen (secondary N) is 1. The third-order valence-corrected chi connectivity index (χ3v) is 7.26. The van der Waals surface area contributed by atoms with Crippen LogP contribution in [0.1, 0.15) is 82.0 Å². The summed E-state index contributed by atoms with van der Waals surface area (Å²) in [6.07, 6.45) is 8.85. The number of allylic oxidation sites excluding steroid dienone is 2. The second kappa shape index (κ2) is 10.4. The summed E-state index contributed by atoms with van der Waals surface area (Å²) in [5.74, 6) is 0.372. The second-order valence-electron chi connectivity index (χ2n) is 10.8. The van der Waals surface area contributed by atoms with Crippen LogP contribution in [0.15, 0.2) is 36.2 Å². The highest BCUT2D eigenvalue weighted by Crippen LogP contribution is 2.35. The SMILES string of the molecule is CC(C)CC(=O)N1C[C@H](C)C[C@H]1C(=O)N[C@@H]1CCCCc2cc(C3=CC(N)CC=C3F)ccc21. The fraction of sp³-hybridized carbons (Fsp3) is 0.571. The van der Waals surface area contributed by atoms with Crippen LogP contribution in [0, 0.1) is 11.8 Å². The monoisotopic (exact) mass is 467 g/mol. The molecule has 1 saturated heterocycles. The number of hydrogen-bond acceptors (Lipinski definition) is 3. The third kappa shape index (κ3) is 5.43. The summed E-state index contributed by atoms with van der Waals surface area (Å²) in [4.78, 5) is 28.0. The molecule has 34 heavy (non-hydrogen) atoms. The number of carbonyl (C=O) groups is 2. The van der Waals surface area contributed by atoms with E-state index >= 15 is 0 Å². The number of amides is 2. The molecule has 1 fully saturated rings. The van der Waals surface area contributed by atoms with E-state index < -0.39 is 6.04 Å². The number of likely N-dealkylation sites (tertiary alicyclic amines) is 1. The first-order valence-electron chi connectivity index (χ1n) is 12.8. The molecule has 0 aromatic heterocycles. The Morgan fingerprint density at radius 1 is 1.26 bits per heavy atom. The van der Waals surface area contributed by atoms with Gasteiger partial charge in [0.1, 0.15) is 11.9 Å². The molecular formula is C28H38FN3O2. The van der Waals surface area contributed by atoms with E-state index in [2.05, 4.69) is 18.3 Å². The quantitative estimate of drug-likeness (QED) is 0.610.